The van der Waals surface area contributed by atoms with Gasteiger partial charge in [-0.15, -0.1) is 0 Å². The van der Waals surface area contributed by atoms with Gasteiger partial charge in [0.2, 0.25) is 0 Å². The topological polar surface area (TPSA) is 23.9 Å². The molecule has 0 bridgehead atoms. The van der Waals surface area contributed by atoms with Crippen LogP contribution in [-0.2, 0) is 0 Å². The number of fused-ring (bicyclic) bond motifs is 6. The average Bonchev–Trinajstić information content (AvgIpc) is 3.27. The Balaban J connectivity index is 0.00000210. The van der Waals surface area contributed by atoms with E-state index in [4.69, 9.17) is 5.41 Å². The fraction of sp³-hybridized carbons (Fsp3) is 0.0556. The van der Waals surface area contributed by atoms with Crippen molar-refractivity contribution in [3.05, 3.63) is 222 Å². The first kappa shape index (κ1) is 35.2. The molecule has 0 radical (unpaired) electrons. The van der Waals surface area contributed by atoms with E-state index >= 15 is 0 Å². The molecule has 1 N–H and O–H groups in total. The molecule has 0 aliphatic rings. The quantitative estimate of drug-likeness (QED) is 0.126. The van der Waals surface area contributed by atoms with Crippen LogP contribution in [0.2, 0.25) is 0 Å². The molecule has 55 heavy (non-hydrogen) atoms. The molecule has 1 heteroatoms. The lowest BCUT2D eigenvalue weighted by Crippen LogP contribution is -1.98. The molecule has 0 aliphatic carbocycles. The first-order valence-electron chi connectivity index (χ1n) is 19.2. The maximum atomic E-state index is 9.01. The highest BCUT2D eigenvalue weighted by atomic mass is 14.4. The first-order valence-corrected chi connectivity index (χ1v) is 19.2. The van der Waals surface area contributed by atoms with Crippen molar-refractivity contribution in [1.82, 2.24) is 0 Å². The van der Waals surface area contributed by atoms with E-state index in [1.165, 1.54) is 60.1 Å². The number of nitrogens with one attached hydrogen (secondary N) is 1. The van der Waals surface area contributed by atoms with E-state index in [2.05, 4.69) is 165 Å². The normalized spacial score (nSPS) is 11.4. The van der Waals surface area contributed by atoms with Crippen molar-refractivity contribution in [2.24, 2.45) is 0 Å². The molecule has 0 spiro atoms. The Bertz CT molecular complexity index is 2830. The summed E-state index contributed by atoms with van der Waals surface area (Å²) in [5, 5.41) is 16.7. The molecule has 0 atom stereocenters. The number of aryl methyl sites for hydroxylation is 1. The predicted molar refractivity (Wildman–Crippen MR) is 238 cm³/mol. The second kappa shape index (κ2) is 15.6. The third-order valence-corrected chi connectivity index (χ3v) is 10.3. The molecule has 0 saturated heterocycles. The van der Waals surface area contributed by atoms with Crippen molar-refractivity contribution in [3.8, 4) is 33.4 Å². The third kappa shape index (κ3) is 7.13. The van der Waals surface area contributed by atoms with Crippen LogP contribution in [0.5, 0.6) is 0 Å². The van der Waals surface area contributed by atoms with E-state index in [1.54, 1.807) is 0 Å². The summed E-state index contributed by atoms with van der Waals surface area (Å²) in [6.07, 6.45) is 2.00. The summed E-state index contributed by atoms with van der Waals surface area (Å²) in [7, 11) is 0. The fourth-order valence-corrected chi connectivity index (χ4v) is 7.67. The van der Waals surface area contributed by atoms with Gasteiger partial charge in [0.25, 0.3) is 0 Å². The standard InChI is InChI=1S/C52H37N.C2H6/c1-35-24-26-48-50(28-35)46-23-12-11-22-45(46)47-27-25-40(33-51(47)48)44-31-42(36-14-5-2-6-15-36)30-43(32-44)39-20-13-21-41(29-39)49(37-16-7-3-8-17-37)34-52(53)38-18-9-4-10-19-38;1-2/h2-34,53H,1H3;1-2H3/b49-34-,53-52?;. The van der Waals surface area contributed by atoms with Gasteiger partial charge in [0.1, 0.15) is 0 Å². The van der Waals surface area contributed by atoms with Crippen LogP contribution in [0.15, 0.2) is 200 Å². The number of allylic oxidation sites excluding steroid dienone is 1. The lowest BCUT2D eigenvalue weighted by atomic mass is 9.88. The lowest BCUT2D eigenvalue weighted by molar-refractivity contribution is 1.48. The van der Waals surface area contributed by atoms with Gasteiger partial charge in [-0.25, -0.2) is 0 Å². The van der Waals surface area contributed by atoms with Gasteiger partial charge in [0.05, 0.1) is 5.71 Å². The van der Waals surface area contributed by atoms with Gasteiger partial charge in [0, 0.05) is 0 Å². The second-order valence-corrected chi connectivity index (χ2v) is 13.8. The van der Waals surface area contributed by atoms with E-state index < -0.39 is 0 Å². The Labute approximate surface area is 324 Å². The maximum absolute atomic E-state index is 9.01. The summed E-state index contributed by atoms with van der Waals surface area (Å²) in [5.74, 6) is 0. The Kier molecular flexibility index (Phi) is 10.0. The predicted octanol–water partition coefficient (Wildman–Crippen LogP) is 15.0. The molecule has 0 fully saturated rings. The van der Waals surface area contributed by atoms with Gasteiger partial charge < -0.3 is 5.41 Å². The van der Waals surface area contributed by atoms with Crippen LogP contribution >= 0.6 is 0 Å². The number of benzene rings is 9. The van der Waals surface area contributed by atoms with Gasteiger partial charge in [-0.3, -0.25) is 0 Å². The molecule has 9 aromatic carbocycles. The minimum absolute atomic E-state index is 0.481. The number of hydrogen-bond donors (Lipinski definition) is 1. The second-order valence-electron chi connectivity index (χ2n) is 13.8. The van der Waals surface area contributed by atoms with Crippen LogP contribution in [0.1, 0.15) is 36.1 Å². The molecule has 0 amide bonds. The van der Waals surface area contributed by atoms with E-state index in [-0.39, 0.29) is 0 Å². The molecule has 0 aromatic heterocycles. The minimum Gasteiger partial charge on any atom is -0.300 e. The number of rotatable bonds is 7. The molecule has 1 nitrogen and oxygen atoms in total. The number of hydrogen-bond acceptors (Lipinski definition) is 1. The summed E-state index contributed by atoms with van der Waals surface area (Å²) in [6, 6.07) is 69.3. The summed E-state index contributed by atoms with van der Waals surface area (Å²) < 4.78 is 0. The third-order valence-electron chi connectivity index (χ3n) is 10.3. The van der Waals surface area contributed by atoms with Crippen LogP contribution in [0.25, 0.3) is 71.3 Å². The first-order chi connectivity index (χ1) is 27.1. The molecule has 0 unspecified atom stereocenters. The smallest absolute Gasteiger partial charge is 0.0618 e. The van der Waals surface area contributed by atoms with E-state index in [9.17, 15) is 0 Å². The van der Waals surface area contributed by atoms with Gasteiger partial charge in [-0.2, -0.15) is 0 Å². The van der Waals surface area contributed by atoms with Crippen molar-refractivity contribution >= 4 is 43.6 Å². The summed E-state index contributed by atoms with van der Waals surface area (Å²) in [4.78, 5) is 0. The van der Waals surface area contributed by atoms with E-state index in [0.717, 1.165) is 33.4 Å². The summed E-state index contributed by atoms with van der Waals surface area (Å²) in [6.45, 7) is 6.17. The van der Waals surface area contributed by atoms with Crippen molar-refractivity contribution in [2.45, 2.75) is 20.8 Å². The van der Waals surface area contributed by atoms with Crippen LogP contribution < -0.4 is 0 Å². The zero-order valence-corrected chi connectivity index (χ0v) is 31.6. The highest BCUT2D eigenvalue weighted by Gasteiger charge is 2.14. The molecule has 264 valence electrons. The largest absolute Gasteiger partial charge is 0.300 e. The molecule has 9 rings (SSSR count). The zero-order chi connectivity index (χ0) is 37.7. The minimum atomic E-state index is 0.481. The van der Waals surface area contributed by atoms with Crippen LogP contribution in [0, 0.1) is 12.3 Å². The SMILES string of the molecule is CC.Cc1ccc2c(c1)c1ccccc1c1ccc(-c3cc(-c4ccccc4)cc(-c4cccc(/C(=C\C(=N)c5ccccc5)c5ccccc5)c4)c3)cc12. The van der Waals surface area contributed by atoms with Crippen molar-refractivity contribution < 1.29 is 0 Å². The maximum Gasteiger partial charge on any atom is 0.0618 e. The zero-order valence-electron chi connectivity index (χ0n) is 31.6. The lowest BCUT2D eigenvalue weighted by Gasteiger charge is -2.15. The van der Waals surface area contributed by atoms with Crippen molar-refractivity contribution in [1.29, 1.82) is 5.41 Å². The van der Waals surface area contributed by atoms with Crippen LogP contribution in [-0.4, -0.2) is 5.71 Å². The van der Waals surface area contributed by atoms with Gasteiger partial charge in [0.15, 0.2) is 0 Å². The highest BCUT2D eigenvalue weighted by molar-refractivity contribution is 6.26. The molecular weight excluding hydrogens is 663 g/mol. The summed E-state index contributed by atoms with van der Waals surface area (Å²) in [5.41, 5.74) is 12.8. The van der Waals surface area contributed by atoms with Crippen molar-refractivity contribution in [3.63, 3.8) is 0 Å². The molecule has 0 aliphatic heterocycles. The Morgan fingerprint density at radius 3 is 1.47 bits per heavy atom. The fourth-order valence-electron chi connectivity index (χ4n) is 7.67. The van der Waals surface area contributed by atoms with Crippen LogP contribution in [0.3, 0.4) is 0 Å². The highest BCUT2D eigenvalue weighted by Crippen LogP contribution is 2.40. The Morgan fingerprint density at radius 1 is 0.345 bits per heavy atom. The van der Waals surface area contributed by atoms with Crippen molar-refractivity contribution in [2.75, 3.05) is 0 Å². The average molecular weight is 706 g/mol. The molecule has 9 aromatic rings. The molecular formula is C54H43N. The summed E-state index contributed by atoms with van der Waals surface area (Å²) >= 11 is 0. The Morgan fingerprint density at radius 2 is 0.800 bits per heavy atom. The van der Waals surface area contributed by atoms with Gasteiger partial charge in [-0.05, 0) is 131 Å². The van der Waals surface area contributed by atoms with Gasteiger partial charge >= 0.3 is 0 Å². The monoisotopic (exact) mass is 705 g/mol. The van der Waals surface area contributed by atoms with E-state index in [1.807, 2.05) is 56.3 Å². The van der Waals surface area contributed by atoms with E-state index in [0.29, 0.717) is 5.71 Å². The van der Waals surface area contributed by atoms with Gasteiger partial charge in [-0.1, -0.05) is 183 Å². The van der Waals surface area contributed by atoms with Crippen LogP contribution in [0.4, 0.5) is 0 Å². The molecule has 0 saturated carbocycles. The Hall–Kier alpha value is -6.83. The molecule has 0 heterocycles.